The Balaban J connectivity index is 2.42. The van der Waals surface area contributed by atoms with E-state index in [1.807, 2.05) is 44.2 Å². The van der Waals surface area contributed by atoms with Crippen LogP contribution in [0, 0.1) is 5.92 Å². The van der Waals surface area contributed by atoms with Gasteiger partial charge in [0.2, 0.25) is 5.91 Å². The van der Waals surface area contributed by atoms with Crippen LogP contribution in [-0.4, -0.2) is 36.3 Å². The maximum atomic E-state index is 12.1. The summed E-state index contributed by atoms with van der Waals surface area (Å²) in [5.41, 5.74) is 1.38. The van der Waals surface area contributed by atoms with Crippen LogP contribution < -0.4 is 5.32 Å². The second-order valence-corrected chi connectivity index (χ2v) is 5.26. The van der Waals surface area contributed by atoms with Crippen molar-refractivity contribution in [3.8, 4) is 0 Å². The molecule has 5 nitrogen and oxygen atoms in total. The van der Waals surface area contributed by atoms with E-state index in [0.717, 1.165) is 5.56 Å². The fourth-order valence-electron chi connectivity index (χ4n) is 2.28. The Morgan fingerprint density at radius 3 is 2.57 bits per heavy atom. The lowest BCUT2D eigenvalue weighted by atomic mass is 9.95. The van der Waals surface area contributed by atoms with E-state index in [4.69, 9.17) is 4.74 Å². The molecule has 0 aromatic heterocycles. The highest BCUT2D eigenvalue weighted by Gasteiger charge is 2.37. The molecule has 1 aromatic rings. The van der Waals surface area contributed by atoms with Crippen LogP contribution in [0.3, 0.4) is 0 Å². The Morgan fingerprint density at radius 2 is 2.00 bits per heavy atom. The van der Waals surface area contributed by atoms with Gasteiger partial charge in [-0.05, 0) is 18.4 Å². The van der Waals surface area contributed by atoms with E-state index in [2.05, 4.69) is 10.3 Å². The van der Waals surface area contributed by atoms with Crippen molar-refractivity contribution in [2.45, 2.75) is 32.9 Å². The molecule has 2 rings (SSSR count). The summed E-state index contributed by atoms with van der Waals surface area (Å²) in [6.45, 7) is 5.86. The van der Waals surface area contributed by atoms with Gasteiger partial charge in [-0.1, -0.05) is 44.2 Å². The summed E-state index contributed by atoms with van der Waals surface area (Å²) in [5.74, 6) is -0.648. The van der Waals surface area contributed by atoms with Crippen molar-refractivity contribution >= 4 is 17.6 Å². The molecule has 1 amide bonds. The molecule has 1 aliphatic rings. The number of nitrogens with one attached hydrogen (secondary N) is 1. The van der Waals surface area contributed by atoms with Gasteiger partial charge in [0.25, 0.3) is 0 Å². The van der Waals surface area contributed by atoms with E-state index in [-0.39, 0.29) is 18.4 Å². The van der Waals surface area contributed by atoms with E-state index >= 15 is 0 Å². The third kappa shape index (κ3) is 3.29. The monoisotopic (exact) mass is 288 g/mol. The zero-order chi connectivity index (χ0) is 15.4. The van der Waals surface area contributed by atoms with Gasteiger partial charge in [-0.15, -0.1) is 0 Å². The highest BCUT2D eigenvalue weighted by molar-refractivity contribution is 6.18. The number of carbonyl (C=O) groups is 2. The summed E-state index contributed by atoms with van der Waals surface area (Å²) < 4.78 is 5.04. The Morgan fingerprint density at radius 1 is 1.33 bits per heavy atom. The van der Waals surface area contributed by atoms with Gasteiger partial charge in [0.15, 0.2) is 6.04 Å². The highest BCUT2D eigenvalue weighted by atomic mass is 16.5. The molecule has 0 bridgehead atoms. The molecule has 1 N–H and O–H groups in total. The van der Waals surface area contributed by atoms with E-state index in [1.54, 1.807) is 6.92 Å². The van der Waals surface area contributed by atoms with Gasteiger partial charge in [-0.3, -0.25) is 9.79 Å². The minimum absolute atomic E-state index is 0.0619. The van der Waals surface area contributed by atoms with Crippen molar-refractivity contribution in [1.29, 1.82) is 0 Å². The predicted octanol–water partition coefficient (Wildman–Crippen LogP) is 1.56. The number of ether oxygens (including phenoxy) is 1. The molecule has 1 heterocycles. The van der Waals surface area contributed by atoms with Gasteiger partial charge in [0.1, 0.15) is 6.04 Å². The Kier molecular flexibility index (Phi) is 4.73. The number of esters is 1. The number of carbonyl (C=O) groups excluding carboxylic acids is 2. The highest BCUT2D eigenvalue weighted by Crippen LogP contribution is 2.17. The second-order valence-electron chi connectivity index (χ2n) is 5.26. The maximum Gasteiger partial charge on any atom is 0.334 e. The first kappa shape index (κ1) is 15.2. The molecule has 0 aliphatic carbocycles. The molecule has 0 saturated carbocycles. The largest absolute Gasteiger partial charge is 0.464 e. The molecule has 0 radical (unpaired) electrons. The average molecular weight is 288 g/mol. The van der Waals surface area contributed by atoms with Gasteiger partial charge in [0, 0.05) is 0 Å². The van der Waals surface area contributed by atoms with Crippen molar-refractivity contribution in [2.24, 2.45) is 10.9 Å². The number of rotatable bonds is 4. The number of benzene rings is 1. The fraction of sp³-hybridized carbons (Fsp3) is 0.438. The molecule has 1 aliphatic heterocycles. The third-order valence-electron chi connectivity index (χ3n) is 3.33. The van der Waals surface area contributed by atoms with E-state index in [1.165, 1.54) is 0 Å². The van der Waals surface area contributed by atoms with Crippen molar-refractivity contribution in [3.05, 3.63) is 35.9 Å². The summed E-state index contributed by atoms with van der Waals surface area (Å²) in [6, 6.07) is 8.08. The molecule has 0 spiro atoms. The maximum absolute atomic E-state index is 12.1. The fourth-order valence-corrected chi connectivity index (χ4v) is 2.28. The zero-order valence-electron chi connectivity index (χ0n) is 12.5. The van der Waals surface area contributed by atoms with Gasteiger partial charge >= 0.3 is 5.97 Å². The summed E-state index contributed by atoms with van der Waals surface area (Å²) in [7, 11) is 0. The Labute approximate surface area is 124 Å². The zero-order valence-corrected chi connectivity index (χ0v) is 12.5. The summed E-state index contributed by atoms with van der Waals surface area (Å²) in [5, 5.41) is 2.74. The third-order valence-corrected chi connectivity index (χ3v) is 3.33. The Bertz CT molecular complexity index is 552. The first-order valence-electron chi connectivity index (χ1n) is 7.14. The van der Waals surface area contributed by atoms with Gasteiger partial charge < -0.3 is 10.1 Å². The van der Waals surface area contributed by atoms with Crippen LogP contribution in [0.2, 0.25) is 0 Å². The summed E-state index contributed by atoms with van der Waals surface area (Å²) in [4.78, 5) is 28.7. The molecule has 2 atom stereocenters. The molecular formula is C16H20N2O3. The van der Waals surface area contributed by atoms with Crippen molar-refractivity contribution in [1.82, 2.24) is 5.32 Å². The molecule has 2 unspecified atom stereocenters. The minimum Gasteiger partial charge on any atom is -0.464 e. The number of hydrogen-bond donors (Lipinski definition) is 1. The molecule has 0 saturated heterocycles. The topological polar surface area (TPSA) is 67.8 Å². The lowest BCUT2D eigenvalue weighted by Crippen LogP contribution is -2.55. The van der Waals surface area contributed by atoms with Gasteiger partial charge in [-0.25, -0.2) is 4.79 Å². The number of amides is 1. The normalized spacial score (nSPS) is 21.7. The van der Waals surface area contributed by atoms with Crippen LogP contribution >= 0.6 is 0 Å². The predicted molar refractivity (Wildman–Crippen MR) is 80.2 cm³/mol. The minimum atomic E-state index is -0.838. The van der Waals surface area contributed by atoms with E-state index in [0.29, 0.717) is 5.71 Å². The molecule has 5 heteroatoms. The molecule has 112 valence electrons. The number of nitrogens with zero attached hydrogens (tertiary/aromatic N) is 1. The SMILES string of the molecule is CCOC(=O)C1NC(=O)C(C(C)C)N=C1c1ccccc1. The molecule has 1 aromatic carbocycles. The molecular weight excluding hydrogens is 268 g/mol. The average Bonchev–Trinajstić information content (AvgIpc) is 2.47. The summed E-state index contributed by atoms with van der Waals surface area (Å²) >= 11 is 0. The second kappa shape index (κ2) is 6.52. The van der Waals surface area contributed by atoms with Crippen LogP contribution in [0.4, 0.5) is 0 Å². The first-order valence-corrected chi connectivity index (χ1v) is 7.14. The van der Waals surface area contributed by atoms with E-state index in [9.17, 15) is 9.59 Å². The van der Waals surface area contributed by atoms with E-state index < -0.39 is 18.1 Å². The van der Waals surface area contributed by atoms with Crippen LogP contribution in [0.5, 0.6) is 0 Å². The number of aliphatic imine (C=N–C) groups is 1. The van der Waals surface area contributed by atoms with Crippen LogP contribution in [-0.2, 0) is 14.3 Å². The smallest absolute Gasteiger partial charge is 0.334 e. The number of hydrogen-bond acceptors (Lipinski definition) is 4. The van der Waals surface area contributed by atoms with Crippen LogP contribution in [0.25, 0.3) is 0 Å². The first-order chi connectivity index (χ1) is 10.0. The molecule has 0 fully saturated rings. The Hall–Kier alpha value is -2.17. The lowest BCUT2D eigenvalue weighted by Gasteiger charge is -2.29. The van der Waals surface area contributed by atoms with Crippen LogP contribution in [0.1, 0.15) is 26.3 Å². The van der Waals surface area contributed by atoms with Crippen molar-refractivity contribution in [2.75, 3.05) is 6.61 Å². The van der Waals surface area contributed by atoms with Gasteiger partial charge in [-0.2, -0.15) is 0 Å². The summed E-state index contributed by atoms with van der Waals surface area (Å²) in [6.07, 6.45) is 0. The van der Waals surface area contributed by atoms with Crippen molar-refractivity contribution in [3.63, 3.8) is 0 Å². The molecule has 21 heavy (non-hydrogen) atoms. The van der Waals surface area contributed by atoms with Crippen LogP contribution in [0.15, 0.2) is 35.3 Å². The van der Waals surface area contributed by atoms with Crippen molar-refractivity contribution < 1.29 is 14.3 Å². The van der Waals surface area contributed by atoms with Gasteiger partial charge in [0.05, 0.1) is 12.3 Å². The lowest BCUT2D eigenvalue weighted by molar-refractivity contribution is -0.145. The standard InChI is InChI=1S/C16H20N2O3/c1-4-21-16(20)14-13(11-8-6-5-7-9-11)17-12(10(2)3)15(19)18-14/h5-10,12,14H,4H2,1-3H3,(H,18,19). The quantitative estimate of drug-likeness (QED) is 0.855.